The fourth-order valence-electron chi connectivity index (χ4n) is 2.69. The van der Waals surface area contributed by atoms with Crippen LogP contribution in [-0.4, -0.2) is 49.2 Å². The molecule has 3 rings (SSSR count). The van der Waals surface area contributed by atoms with Gasteiger partial charge < -0.3 is 9.32 Å². The number of thioether (sulfide) groups is 1. The molecule has 1 amide bonds. The predicted molar refractivity (Wildman–Crippen MR) is 118 cm³/mol. The summed E-state index contributed by atoms with van der Waals surface area (Å²) < 4.78 is 32.4. The largest absolute Gasteiger partial charge is 0.420 e. The van der Waals surface area contributed by atoms with Crippen molar-refractivity contribution in [2.75, 3.05) is 25.5 Å². The summed E-state index contributed by atoms with van der Waals surface area (Å²) in [6.45, 7) is 4.37. The van der Waals surface area contributed by atoms with Crippen LogP contribution < -0.4 is 4.90 Å². The van der Waals surface area contributed by atoms with Crippen molar-refractivity contribution >= 4 is 56.0 Å². The number of nitrogens with zero attached hydrogens (tertiary/aromatic N) is 3. The molecule has 154 valence electrons. The minimum absolute atomic E-state index is 0.0383. The van der Waals surface area contributed by atoms with Crippen LogP contribution in [0.15, 0.2) is 43.5 Å². The number of carbonyl (C=O) groups is 1. The Labute approximate surface area is 179 Å². The normalized spacial score (nSPS) is 16.1. The van der Waals surface area contributed by atoms with E-state index in [0.29, 0.717) is 15.8 Å². The third-order valence-corrected chi connectivity index (χ3v) is 7.21. The molecule has 2 aromatic rings. The Morgan fingerprint density at radius 2 is 1.93 bits per heavy atom. The Bertz CT molecular complexity index is 1090. The van der Waals surface area contributed by atoms with Gasteiger partial charge in [-0.1, -0.05) is 48.6 Å². The zero-order valence-corrected chi connectivity index (χ0v) is 18.9. The van der Waals surface area contributed by atoms with Crippen LogP contribution >= 0.6 is 24.0 Å². The van der Waals surface area contributed by atoms with E-state index in [2.05, 4.69) is 4.98 Å². The van der Waals surface area contributed by atoms with Gasteiger partial charge in [0, 0.05) is 26.7 Å². The first-order valence-electron chi connectivity index (χ1n) is 8.90. The van der Waals surface area contributed by atoms with Gasteiger partial charge in [0.05, 0.1) is 9.80 Å². The SMILES string of the molecule is CCCN1C(=O)C(=Cc2nc(S(=O)(=O)c3ccc(C)cc3)c(N(C)C)o2)SC1=S. The molecular weight excluding hydrogens is 430 g/mol. The van der Waals surface area contributed by atoms with Crippen LogP contribution in [0.1, 0.15) is 24.8 Å². The molecule has 0 unspecified atom stereocenters. The average molecular weight is 452 g/mol. The van der Waals surface area contributed by atoms with E-state index in [4.69, 9.17) is 16.6 Å². The van der Waals surface area contributed by atoms with Gasteiger partial charge in [0.2, 0.25) is 26.6 Å². The number of hydrogen-bond acceptors (Lipinski definition) is 8. The van der Waals surface area contributed by atoms with Crippen LogP contribution in [0.3, 0.4) is 0 Å². The molecule has 0 N–H and O–H groups in total. The van der Waals surface area contributed by atoms with Crippen molar-refractivity contribution in [1.82, 2.24) is 9.88 Å². The lowest BCUT2D eigenvalue weighted by atomic mass is 10.2. The number of thiocarbonyl (C=S) groups is 1. The molecule has 1 aromatic heterocycles. The van der Waals surface area contributed by atoms with E-state index in [-0.39, 0.29) is 27.6 Å². The minimum atomic E-state index is -3.89. The lowest BCUT2D eigenvalue weighted by molar-refractivity contribution is -0.122. The third-order valence-electron chi connectivity index (χ3n) is 4.16. The molecule has 1 saturated heterocycles. The van der Waals surface area contributed by atoms with Gasteiger partial charge in [0.25, 0.3) is 5.91 Å². The summed E-state index contributed by atoms with van der Waals surface area (Å²) >= 11 is 6.41. The lowest BCUT2D eigenvalue weighted by Gasteiger charge is -2.11. The number of anilines is 1. The van der Waals surface area contributed by atoms with E-state index in [0.717, 1.165) is 23.7 Å². The topological polar surface area (TPSA) is 83.7 Å². The van der Waals surface area contributed by atoms with Crippen LogP contribution in [0.2, 0.25) is 0 Å². The highest BCUT2D eigenvalue weighted by Gasteiger charge is 2.33. The number of oxazole rings is 1. The molecule has 1 aliphatic heterocycles. The Kier molecular flexibility index (Phi) is 6.16. The number of sulfone groups is 1. The Hall–Kier alpha value is -2.17. The first-order chi connectivity index (χ1) is 13.6. The Morgan fingerprint density at radius 3 is 2.52 bits per heavy atom. The number of benzene rings is 1. The number of rotatable bonds is 6. The Morgan fingerprint density at radius 1 is 1.28 bits per heavy atom. The highest BCUT2D eigenvalue weighted by atomic mass is 32.2. The maximum absolute atomic E-state index is 13.1. The monoisotopic (exact) mass is 451 g/mol. The molecule has 29 heavy (non-hydrogen) atoms. The van der Waals surface area contributed by atoms with Crippen molar-refractivity contribution < 1.29 is 17.6 Å². The zero-order chi connectivity index (χ0) is 21.3. The van der Waals surface area contributed by atoms with E-state index in [1.807, 2.05) is 13.8 Å². The first kappa shape index (κ1) is 21.5. The van der Waals surface area contributed by atoms with Crippen molar-refractivity contribution in [3.05, 3.63) is 40.6 Å². The van der Waals surface area contributed by atoms with Crippen LogP contribution in [0.4, 0.5) is 5.88 Å². The number of amides is 1. The van der Waals surface area contributed by atoms with Crippen LogP contribution in [0, 0.1) is 6.92 Å². The molecule has 7 nitrogen and oxygen atoms in total. The standard InChI is InChI=1S/C19H21N3O4S3/c1-5-10-22-17(23)14(28-19(22)27)11-15-20-16(18(26-15)21(3)4)29(24,25)13-8-6-12(2)7-9-13/h6-9,11H,5,10H2,1-4H3. The maximum atomic E-state index is 13.1. The quantitative estimate of drug-likeness (QED) is 0.487. The van der Waals surface area contributed by atoms with E-state index in [1.165, 1.54) is 28.0 Å². The molecule has 0 aliphatic carbocycles. The van der Waals surface area contributed by atoms with Gasteiger partial charge in [-0.3, -0.25) is 9.69 Å². The van der Waals surface area contributed by atoms with E-state index in [9.17, 15) is 13.2 Å². The van der Waals surface area contributed by atoms with E-state index in [1.54, 1.807) is 26.2 Å². The summed E-state index contributed by atoms with van der Waals surface area (Å²) in [5.41, 5.74) is 0.951. The highest BCUT2D eigenvalue weighted by Crippen LogP contribution is 2.35. The van der Waals surface area contributed by atoms with Crippen LogP contribution in [0.5, 0.6) is 0 Å². The molecule has 0 spiro atoms. The van der Waals surface area contributed by atoms with Crippen LogP contribution in [-0.2, 0) is 14.6 Å². The molecule has 0 radical (unpaired) electrons. The molecule has 10 heteroatoms. The van der Waals surface area contributed by atoms with Crippen molar-refractivity contribution in [2.45, 2.75) is 30.2 Å². The fourth-order valence-corrected chi connectivity index (χ4v) is 5.35. The van der Waals surface area contributed by atoms with E-state index >= 15 is 0 Å². The molecule has 1 aromatic carbocycles. The van der Waals surface area contributed by atoms with Gasteiger partial charge in [0.15, 0.2) is 0 Å². The van der Waals surface area contributed by atoms with Crippen molar-refractivity contribution in [2.24, 2.45) is 0 Å². The fraction of sp³-hybridized carbons (Fsp3) is 0.316. The second kappa shape index (κ2) is 8.29. The summed E-state index contributed by atoms with van der Waals surface area (Å²) in [5.74, 6) is -0.0911. The maximum Gasteiger partial charge on any atom is 0.266 e. The van der Waals surface area contributed by atoms with Gasteiger partial charge in [-0.25, -0.2) is 8.42 Å². The smallest absolute Gasteiger partial charge is 0.266 e. The summed E-state index contributed by atoms with van der Waals surface area (Å²) in [7, 11) is -0.560. The molecular formula is C19H21N3O4S3. The van der Waals surface area contributed by atoms with Gasteiger partial charge in [0.1, 0.15) is 4.32 Å². The average Bonchev–Trinajstić information content (AvgIpc) is 3.20. The number of aromatic nitrogens is 1. The Balaban J connectivity index is 2.03. The minimum Gasteiger partial charge on any atom is -0.420 e. The molecule has 0 saturated carbocycles. The van der Waals surface area contributed by atoms with Crippen molar-refractivity contribution in [1.29, 1.82) is 0 Å². The van der Waals surface area contributed by atoms with Crippen molar-refractivity contribution in [3.63, 3.8) is 0 Å². The van der Waals surface area contributed by atoms with Gasteiger partial charge in [-0.2, -0.15) is 4.98 Å². The summed E-state index contributed by atoms with van der Waals surface area (Å²) in [6, 6.07) is 6.52. The van der Waals surface area contributed by atoms with Crippen LogP contribution in [0.25, 0.3) is 6.08 Å². The summed E-state index contributed by atoms with van der Waals surface area (Å²) in [4.78, 5) is 20.3. The highest BCUT2D eigenvalue weighted by molar-refractivity contribution is 8.26. The summed E-state index contributed by atoms with van der Waals surface area (Å²) in [5, 5.41) is -0.193. The van der Waals surface area contributed by atoms with Crippen molar-refractivity contribution in [3.8, 4) is 0 Å². The van der Waals surface area contributed by atoms with Gasteiger partial charge in [-0.05, 0) is 25.5 Å². The summed E-state index contributed by atoms with van der Waals surface area (Å²) in [6.07, 6.45) is 2.22. The second-order valence-electron chi connectivity index (χ2n) is 6.71. The lowest BCUT2D eigenvalue weighted by Crippen LogP contribution is -2.28. The van der Waals surface area contributed by atoms with Gasteiger partial charge in [-0.15, -0.1) is 0 Å². The number of aryl methyl sites for hydroxylation is 1. The van der Waals surface area contributed by atoms with Gasteiger partial charge >= 0.3 is 0 Å². The molecule has 1 fully saturated rings. The third kappa shape index (κ3) is 4.24. The molecule has 0 atom stereocenters. The number of carbonyl (C=O) groups excluding carboxylic acids is 1. The second-order valence-corrected chi connectivity index (χ2v) is 10.2. The predicted octanol–water partition coefficient (Wildman–Crippen LogP) is 3.49. The molecule has 0 bridgehead atoms. The molecule has 2 heterocycles. The zero-order valence-electron chi connectivity index (χ0n) is 16.5. The number of hydrogen-bond donors (Lipinski definition) is 0. The first-order valence-corrected chi connectivity index (χ1v) is 11.6. The van der Waals surface area contributed by atoms with E-state index < -0.39 is 9.84 Å². The molecule has 1 aliphatic rings.